The van der Waals surface area contributed by atoms with Crippen molar-refractivity contribution >= 4 is 34.9 Å². The summed E-state index contributed by atoms with van der Waals surface area (Å²) in [5.41, 5.74) is 7.98. The summed E-state index contributed by atoms with van der Waals surface area (Å²) in [6.07, 6.45) is 4.70. The topological polar surface area (TPSA) is 204 Å². The molecule has 0 radical (unpaired) electrons. The molecule has 0 atom stereocenters. The number of amides is 2. The Hall–Kier alpha value is -4.17. The van der Waals surface area contributed by atoms with E-state index in [2.05, 4.69) is 48.5 Å². The van der Waals surface area contributed by atoms with Gasteiger partial charge in [0.15, 0.2) is 11.5 Å². The number of carbonyl (C=O) groups is 2. The molecule has 9 N–H and O–H groups in total. The van der Waals surface area contributed by atoms with Crippen LogP contribution in [0.3, 0.4) is 0 Å². The van der Waals surface area contributed by atoms with E-state index >= 15 is 0 Å². The molecular weight excluding hydrogens is 540 g/mol. The fraction of sp³-hybridized carbons (Fsp3) is 0.536. The van der Waals surface area contributed by atoms with Crippen LogP contribution in [0.1, 0.15) is 61.4 Å². The lowest BCUT2D eigenvalue weighted by Gasteiger charge is -2.09. The molecule has 3 rings (SSSR count). The van der Waals surface area contributed by atoms with Crippen molar-refractivity contribution in [3.8, 4) is 0 Å². The van der Waals surface area contributed by atoms with E-state index < -0.39 is 6.09 Å². The van der Waals surface area contributed by atoms with Crippen molar-refractivity contribution in [1.82, 2.24) is 40.8 Å². The molecular formula is C28H44N10O4. The molecule has 0 aliphatic rings. The Kier molecular flexibility index (Phi) is 13.6. The van der Waals surface area contributed by atoms with Gasteiger partial charge in [0.25, 0.3) is 5.91 Å². The van der Waals surface area contributed by atoms with Crippen LogP contribution in [0.4, 0.5) is 16.6 Å². The van der Waals surface area contributed by atoms with Crippen molar-refractivity contribution in [1.29, 1.82) is 0 Å². The third-order valence-electron chi connectivity index (χ3n) is 6.60. The average Bonchev–Trinajstić information content (AvgIpc) is 3.28. The van der Waals surface area contributed by atoms with Crippen LogP contribution in [-0.4, -0.2) is 82.4 Å². The summed E-state index contributed by atoms with van der Waals surface area (Å²) in [6, 6.07) is 7.16. The number of nitrogens with one attached hydrogen (secondary N) is 6. The van der Waals surface area contributed by atoms with E-state index in [-0.39, 0.29) is 24.0 Å². The summed E-state index contributed by atoms with van der Waals surface area (Å²) in [6.45, 7) is 7.54. The maximum absolute atomic E-state index is 12.6. The smallest absolute Gasteiger partial charge is 0.404 e. The number of benzene rings is 1. The van der Waals surface area contributed by atoms with E-state index in [1.165, 1.54) is 4.57 Å². The van der Waals surface area contributed by atoms with Gasteiger partial charge in [-0.05, 0) is 76.0 Å². The van der Waals surface area contributed by atoms with E-state index in [9.17, 15) is 14.4 Å². The van der Waals surface area contributed by atoms with E-state index in [0.717, 1.165) is 70.3 Å². The third kappa shape index (κ3) is 10.7. The predicted octanol–water partition coefficient (Wildman–Crippen LogP) is 1.70. The van der Waals surface area contributed by atoms with E-state index in [1.54, 1.807) is 12.1 Å². The molecule has 0 saturated heterocycles. The van der Waals surface area contributed by atoms with Crippen LogP contribution >= 0.6 is 0 Å². The number of anilines is 2. The number of carboxylic acid groups (broad SMARTS) is 1. The van der Waals surface area contributed by atoms with Gasteiger partial charge in [0.2, 0.25) is 5.95 Å². The fourth-order valence-corrected chi connectivity index (χ4v) is 4.27. The van der Waals surface area contributed by atoms with Gasteiger partial charge in [-0.25, -0.2) is 9.59 Å². The van der Waals surface area contributed by atoms with Gasteiger partial charge < -0.3 is 42.4 Å². The molecule has 3 aromatic rings. The van der Waals surface area contributed by atoms with Gasteiger partial charge >= 0.3 is 11.8 Å². The van der Waals surface area contributed by atoms with Crippen LogP contribution < -0.4 is 38.0 Å². The van der Waals surface area contributed by atoms with Crippen molar-refractivity contribution in [2.45, 2.75) is 52.0 Å². The van der Waals surface area contributed by atoms with Crippen LogP contribution in [0.5, 0.6) is 0 Å². The molecule has 1 aromatic carbocycles. The van der Waals surface area contributed by atoms with Crippen molar-refractivity contribution < 1.29 is 14.7 Å². The summed E-state index contributed by atoms with van der Waals surface area (Å²) < 4.78 is 1.51. The van der Waals surface area contributed by atoms with Crippen LogP contribution in [-0.2, 0) is 6.54 Å². The van der Waals surface area contributed by atoms with Gasteiger partial charge in [0, 0.05) is 25.2 Å². The second-order valence-corrected chi connectivity index (χ2v) is 10.0. The van der Waals surface area contributed by atoms with E-state index in [4.69, 9.17) is 10.8 Å². The molecule has 14 nitrogen and oxygen atoms in total. The average molecular weight is 585 g/mol. The minimum atomic E-state index is -0.986. The molecule has 0 unspecified atom stereocenters. The summed E-state index contributed by atoms with van der Waals surface area (Å²) >= 11 is 0. The highest BCUT2D eigenvalue weighted by Gasteiger charge is 2.14. The molecule has 2 amide bonds. The highest BCUT2D eigenvalue weighted by Crippen LogP contribution is 2.17. The second kappa shape index (κ2) is 17.6. The first kappa shape index (κ1) is 32.3. The maximum atomic E-state index is 12.6. The SMILES string of the molecule is CCCCNc1nc(N)c2[nH]c(=O)n(Cc3ccc(C(=O)NCCCNCCCCNCCCNC(=O)O)cc3)c2n1. The first-order valence-electron chi connectivity index (χ1n) is 14.6. The number of nitrogens with two attached hydrogens (primary N) is 1. The minimum absolute atomic E-state index is 0.140. The molecule has 0 saturated carbocycles. The quantitative estimate of drug-likeness (QED) is 0.0903. The summed E-state index contributed by atoms with van der Waals surface area (Å²) in [5.74, 6) is 0.460. The monoisotopic (exact) mass is 584 g/mol. The number of nitrogen functional groups attached to an aromatic ring is 1. The molecule has 0 aliphatic carbocycles. The normalized spacial score (nSPS) is 11.1. The zero-order chi connectivity index (χ0) is 30.2. The third-order valence-corrected chi connectivity index (χ3v) is 6.60. The molecule has 2 aromatic heterocycles. The molecule has 0 spiro atoms. The lowest BCUT2D eigenvalue weighted by atomic mass is 10.1. The zero-order valence-corrected chi connectivity index (χ0v) is 24.3. The fourth-order valence-electron chi connectivity index (χ4n) is 4.27. The van der Waals surface area contributed by atoms with Gasteiger partial charge in [-0.15, -0.1) is 0 Å². The lowest BCUT2D eigenvalue weighted by molar-refractivity contribution is 0.0953. The Bertz CT molecular complexity index is 1320. The molecule has 0 aliphatic heterocycles. The van der Waals surface area contributed by atoms with Crippen molar-refractivity contribution in [3.05, 3.63) is 45.9 Å². The van der Waals surface area contributed by atoms with Gasteiger partial charge in [-0.1, -0.05) is 25.5 Å². The lowest BCUT2D eigenvalue weighted by Crippen LogP contribution is -2.28. The standard InChI is InChI=1S/C28H44N10O4/c1-2-3-16-33-26-36-23(29)22-24(37-26)38(27(40)35-22)19-20-8-10-21(11-9-20)25(39)32-17-6-14-30-12-4-5-13-31-15-7-18-34-28(41)42/h8-11,30-31,34H,2-7,12-19H2,1H3,(H,32,39)(H,35,40)(H,41,42)(H3,29,33,36,37). The Balaban J connectivity index is 1.35. The van der Waals surface area contributed by atoms with Crippen LogP contribution in [0, 0.1) is 0 Å². The van der Waals surface area contributed by atoms with Crippen molar-refractivity contribution in [2.75, 3.05) is 56.9 Å². The number of hydrogen-bond donors (Lipinski definition) is 8. The summed E-state index contributed by atoms with van der Waals surface area (Å²) in [4.78, 5) is 47.0. The molecule has 2 heterocycles. The Morgan fingerprint density at radius 1 is 0.881 bits per heavy atom. The number of H-pyrrole nitrogens is 1. The highest BCUT2D eigenvalue weighted by molar-refractivity contribution is 5.94. The first-order chi connectivity index (χ1) is 20.4. The number of hydrogen-bond acceptors (Lipinski definition) is 9. The number of rotatable bonds is 20. The molecule has 230 valence electrons. The molecule has 42 heavy (non-hydrogen) atoms. The van der Waals surface area contributed by atoms with Crippen LogP contribution in [0.2, 0.25) is 0 Å². The number of nitrogens with zero attached hydrogens (tertiary/aromatic N) is 3. The Morgan fingerprint density at radius 3 is 2.17 bits per heavy atom. The second-order valence-electron chi connectivity index (χ2n) is 10.0. The number of aromatic nitrogens is 4. The first-order valence-corrected chi connectivity index (χ1v) is 14.6. The number of carbonyl (C=O) groups excluding carboxylic acids is 1. The van der Waals surface area contributed by atoms with Gasteiger partial charge in [-0.3, -0.25) is 9.36 Å². The largest absolute Gasteiger partial charge is 0.465 e. The number of imidazole rings is 1. The van der Waals surface area contributed by atoms with Crippen molar-refractivity contribution in [2.24, 2.45) is 0 Å². The maximum Gasteiger partial charge on any atom is 0.404 e. The van der Waals surface area contributed by atoms with Crippen molar-refractivity contribution in [3.63, 3.8) is 0 Å². The van der Waals surface area contributed by atoms with Gasteiger partial charge in [0.05, 0.1) is 6.54 Å². The molecule has 0 fully saturated rings. The van der Waals surface area contributed by atoms with E-state index in [1.807, 2.05) is 12.1 Å². The zero-order valence-electron chi connectivity index (χ0n) is 24.3. The summed E-state index contributed by atoms with van der Waals surface area (Å²) in [5, 5.41) is 23.6. The number of unbranched alkanes of at least 4 members (excludes halogenated alkanes) is 2. The van der Waals surface area contributed by atoms with Crippen LogP contribution in [0.25, 0.3) is 11.2 Å². The predicted molar refractivity (Wildman–Crippen MR) is 164 cm³/mol. The van der Waals surface area contributed by atoms with Crippen LogP contribution in [0.15, 0.2) is 29.1 Å². The highest BCUT2D eigenvalue weighted by atomic mass is 16.4. The molecule has 14 heteroatoms. The molecule has 0 bridgehead atoms. The van der Waals surface area contributed by atoms with E-state index in [0.29, 0.717) is 42.3 Å². The number of fused-ring (bicyclic) bond motifs is 1. The Morgan fingerprint density at radius 2 is 1.52 bits per heavy atom. The number of aromatic amines is 1. The summed E-state index contributed by atoms with van der Waals surface area (Å²) in [7, 11) is 0. The van der Waals surface area contributed by atoms with Gasteiger partial charge in [-0.2, -0.15) is 9.97 Å². The van der Waals surface area contributed by atoms with Gasteiger partial charge in [0.1, 0.15) is 5.52 Å². The minimum Gasteiger partial charge on any atom is -0.465 e. The Labute approximate surface area is 245 Å².